The Bertz CT molecular complexity index is 270. The van der Waals surface area contributed by atoms with Crippen molar-refractivity contribution in [2.45, 2.75) is 6.18 Å². The summed E-state index contributed by atoms with van der Waals surface area (Å²) >= 11 is 0.440. The van der Waals surface area contributed by atoms with Crippen LogP contribution in [0.4, 0.5) is 13.2 Å². The Labute approximate surface area is 70.4 Å². The number of hydrogen-bond donors (Lipinski definition) is 2. The lowest BCUT2D eigenvalue weighted by Gasteiger charge is -2.00. The van der Waals surface area contributed by atoms with E-state index in [1.54, 1.807) is 0 Å². The summed E-state index contributed by atoms with van der Waals surface area (Å²) in [7, 11) is -1.84. The second-order valence-corrected chi connectivity index (χ2v) is 3.03. The van der Waals surface area contributed by atoms with Gasteiger partial charge in [-0.15, -0.1) is 11.3 Å². The van der Waals surface area contributed by atoms with Crippen LogP contribution in [-0.2, 0) is 6.18 Å². The van der Waals surface area contributed by atoms with Crippen LogP contribution in [-0.4, -0.2) is 17.2 Å². The van der Waals surface area contributed by atoms with Gasteiger partial charge in [-0.2, -0.15) is 13.2 Å². The van der Waals surface area contributed by atoms with Crippen LogP contribution in [0.3, 0.4) is 0 Å². The third-order valence-corrected chi connectivity index (χ3v) is 2.19. The van der Waals surface area contributed by atoms with Crippen molar-refractivity contribution < 1.29 is 23.2 Å². The monoisotopic (exact) mass is 196 g/mol. The molecule has 66 valence electrons. The first-order valence-electron chi connectivity index (χ1n) is 2.93. The third-order valence-electron chi connectivity index (χ3n) is 1.20. The van der Waals surface area contributed by atoms with E-state index in [2.05, 4.69) is 0 Å². The molecule has 0 fully saturated rings. The summed E-state index contributed by atoms with van der Waals surface area (Å²) < 4.78 is 35.7. The summed E-state index contributed by atoms with van der Waals surface area (Å²) in [5.41, 5.74) is -0.132. The predicted molar refractivity (Wildman–Crippen MR) is 39.1 cm³/mol. The van der Waals surface area contributed by atoms with Crippen LogP contribution in [0.1, 0.15) is 4.88 Å². The Morgan fingerprint density at radius 2 is 1.92 bits per heavy atom. The summed E-state index contributed by atoms with van der Waals surface area (Å²) in [5.74, 6) is 0. The largest absolute Gasteiger partial charge is 0.489 e. The zero-order valence-electron chi connectivity index (χ0n) is 5.67. The second-order valence-electron chi connectivity index (χ2n) is 2.12. The van der Waals surface area contributed by atoms with Gasteiger partial charge in [-0.3, -0.25) is 0 Å². The van der Waals surface area contributed by atoms with Gasteiger partial charge in [0, 0.05) is 0 Å². The zero-order valence-corrected chi connectivity index (χ0v) is 6.49. The molecule has 0 saturated heterocycles. The molecule has 0 aliphatic heterocycles. The van der Waals surface area contributed by atoms with E-state index in [9.17, 15) is 13.2 Å². The second kappa shape index (κ2) is 3.08. The standard InChI is InChI=1S/C5H4BF3O2S/c7-5(8,9)4-1-3(2-12-4)6(10)11/h1-2,10-11H. The molecule has 7 heteroatoms. The third kappa shape index (κ3) is 1.99. The Balaban J connectivity index is 2.92. The van der Waals surface area contributed by atoms with Gasteiger partial charge >= 0.3 is 13.3 Å². The van der Waals surface area contributed by atoms with Crippen LogP contribution in [0.2, 0.25) is 0 Å². The average Bonchev–Trinajstić information content (AvgIpc) is 2.30. The van der Waals surface area contributed by atoms with E-state index in [1.165, 1.54) is 0 Å². The fraction of sp³-hybridized carbons (Fsp3) is 0.200. The van der Waals surface area contributed by atoms with Crippen LogP contribution in [0, 0.1) is 0 Å². The van der Waals surface area contributed by atoms with E-state index in [4.69, 9.17) is 10.0 Å². The highest BCUT2D eigenvalue weighted by atomic mass is 32.1. The number of thiophene rings is 1. The van der Waals surface area contributed by atoms with Crippen molar-refractivity contribution in [3.05, 3.63) is 16.3 Å². The predicted octanol–water partition coefficient (Wildman–Crippen LogP) is 0.447. The maximum Gasteiger partial charge on any atom is 0.489 e. The lowest BCUT2D eigenvalue weighted by atomic mass is 9.83. The average molecular weight is 196 g/mol. The smallest absolute Gasteiger partial charge is 0.423 e. The summed E-state index contributed by atoms with van der Waals surface area (Å²) in [5, 5.41) is 18.1. The quantitative estimate of drug-likeness (QED) is 0.640. The molecule has 0 atom stereocenters. The number of alkyl halides is 3. The molecule has 0 bridgehead atoms. The molecule has 2 N–H and O–H groups in total. The Hall–Kier alpha value is -0.525. The van der Waals surface area contributed by atoms with Crippen molar-refractivity contribution in [3.63, 3.8) is 0 Å². The zero-order chi connectivity index (χ0) is 9.35. The SMILES string of the molecule is OB(O)c1csc(C(F)(F)F)c1. The topological polar surface area (TPSA) is 40.5 Å². The minimum absolute atomic E-state index is 0.132. The fourth-order valence-corrected chi connectivity index (χ4v) is 1.43. The normalized spacial score (nSPS) is 11.8. The molecule has 0 aliphatic carbocycles. The van der Waals surface area contributed by atoms with Gasteiger partial charge in [0.25, 0.3) is 0 Å². The molecule has 0 spiro atoms. The molecule has 12 heavy (non-hydrogen) atoms. The molecule has 1 rings (SSSR count). The highest BCUT2D eigenvalue weighted by molar-refractivity contribution is 7.11. The van der Waals surface area contributed by atoms with Crippen LogP contribution in [0.5, 0.6) is 0 Å². The summed E-state index contributed by atoms with van der Waals surface area (Å²) in [6.07, 6.45) is -4.40. The van der Waals surface area contributed by atoms with E-state index in [0.717, 1.165) is 11.4 Å². The number of rotatable bonds is 1. The maximum absolute atomic E-state index is 11.9. The molecule has 0 amide bonds. The lowest BCUT2D eigenvalue weighted by Crippen LogP contribution is -2.28. The minimum Gasteiger partial charge on any atom is -0.423 e. The summed E-state index contributed by atoms with van der Waals surface area (Å²) in [6.45, 7) is 0. The van der Waals surface area contributed by atoms with Gasteiger partial charge in [0.1, 0.15) is 4.88 Å². The molecular formula is C5H4BF3O2S. The highest BCUT2D eigenvalue weighted by Crippen LogP contribution is 2.31. The molecule has 0 unspecified atom stereocenters. The lowest BCUT2D eigenvalue weighted by molar-refractivity contribution is -0.134. The first kappa shape index (κ1) is 9.56. The highest BCUT2D eigenvalue weighted by Gasteiger charge is 2.33. The Morgan fingerprint density at radius 3 is 2.17 bits per heavy atom. The minimum atomic E-state index is -4.40. The Morgan fingerprint density at radius 1 is 1.33 bits per heavy atom. The maximum atomic E-state index is 11.9. The number of halogens is 3. The van der Waals surface area contributed by atoms with Gasteiger partial charge in [-0.1, -0.05) is 0 Å². The summed E-state index contributed by atoms with van der Waals surface area (Å²) in [4.78, 5) is -0.828. The van der Waals surface area contributed by atoms with E-state index in [-0.39, 0.29) is 5.46 Å². The van der Waals surface area contributed by atoms with Crippen molar-refractivity contribution in [1.82, 2.24) is 0 Å². The molecule has 1 aromatic heterocycles. The van der Waals surface area contributed by atoms with Crippen LogP contribution in [0.25, 0.3) is 0 Å². The molecule has 0 aliphatic rings. The molecule has 0 saturated carbocycles. The van der Waals surface area contributed by atoms with Crippen LogP contribution < -0.4 is 5.46 Å². The van der Waals surface area contributed by atoms with Crippen molar-refractivity contribution in [3.8, 4) is 0 Å². The van der Waals surface area contributed by atoms with Crippen molar-refractivity contribution >= 4 is 23.9 Å². The first-order valence-corrected chi connectivity index (χ1v) is 3.81. The van der Waals surface area contributed by atoms with E-state index < -0.39 is 18.2 Å². The van der Waals surface area contributed by atoms with Gasteiger partial charge in [0.2, 0.25) is 0 Å². The van der Waals surface area contributed by atoms with Gasteiger partial charge in [-0.05, 0) is 16.9 Å². The molecule has 1 heterocycles. The van der Waals surface area contributed by atoms with Crippen molar-refractivity contribution in [2.24, 2.45) is 0 Å². The molecule has 1 aromatic rings. The van der Waals surface area contributed by atoms with Crippen LogP contribution in [0.15, 0.2) is 11.4 Å². The number of hydrogen-bond acceptors (Lipinski definition) is 3. The Kier molecular flexibility index (Phi) is 2.45. The van der Waals surface area contributed by atoms with Gasteiger partial charge in [0.05, 0.1) is 0 Å². The van der Waals surface area contributed by atoms with Gasteiger partial charge < -0.3 is 10.0 Å². The van der Waals surface area contributed by atoms with E-state index in [1.807, 2.05) is 0 Å². The van der Waals surface area contributed by atoms with E-state index >= 15 is 0 Å². The van der Waals surface area contributed by atoms with Gasteiger partial charge in [0.15, 0.2) is 0 Å². The van der Waals surface area contributed by atoms with Crippen LogP contribution >= 0.6 is 11.3 Å². The fourth-order valence-electron chi connectivity index (χ4n) is 0.635. The molecule has 0 aromatic carbocycles. The molecule has 0 radical (unpaired) electrons. The van der Waals surface area contributed by atoms with Gasteiger partial charge in [-0.25, -0.2) is 0 Å². The van der Waals surface area contributed by atoms with E-state index in [0.29, 0.717) is 11.3 Å². The summed E-state index contributed by atoms with van der Waals surface area (Å²) in [6, 6.07) is 0.718. The molecule has 2 nitrogen and oxygen atoms in total. The van der Waals surface area contributed by atoms with Crippen molar-refractivity contribution in [2.75, 3.05) is 0 Å². The van der Waals surface area contributed by atoms with Crippen molar-refractivity contribution in [1.29, 1.82) is 0 Å². The first-order chi connectivity index (χ1) is 5.41. The molecular weight excluding hydrogens is 192 g/mol.